The molecular weight excluding hydrogens is 244 g/mol. The third-order valence-electron chi connectivity index (χ3n) is 3.15. The van der Waals surface area contributed by atoms with E-state index in [9.17, 15) is 4.79 Å². The zero-order chi connectivity index (χ0) is 13.7. The second-order valence-electron chi connectivity index (χ2n) is 4.52. The summed E-state index contributed by atoms with van der Waals surface area (Å²) < 4.78 is 10.3. The van der Waals surface area contributed by atoms with Crippen LogP contribution < -0.4 is 5.73 Å². The summed E-state index contributed by atoms with van der Waals surface area (Å²) in [5.74, 6) is -0.327. The Labute approximate surface area is 113 Å². The minimum atomic E-state index is -0.327. The molecule has 0 atom stereocenters. The van der Waals surface area contributed by atoms with Gasteiger partial charge in [-0.25, -0.2) is 4.79 Å². The van der Waals surface area contributed by atoms with Gasteiger partial charge in [0.1, 0.15) is 0 Å². The number of carbonyl (C=O) groups is 1. The normalized spacial score (nSPS) is 16.3. The zero-order valence-corrected chi connectivity index (χ0v) is 11.2. The van der Waals surface area contributed by atoms with Gasteiger partial charge in [-0.1, -0.05) is 6.07 Å². The summed E-state index contributed by atoms with van der Waals surface area (Å²) in [4.78, 5) is 13.9. The molecule has 5 nitrogen and oxygen atoms in total. The topological polar surface area (TPSA) is 64.8 Å². The second-order valence-corrected chi connectivity index (χ2v) is 4.52. The maximum atomic E-state index is 11.6. The maximum absolute atomic E-state index is 11.6. The van der Waals surface area contributed by atoms with Crippen LogP contribution in [0.5, 0.6) is 0 Å². The number of benzene rings is 1. The molecule has 104 valence electrons. The SMILES string of the molecule is CCOC(=O)c1ccc(CN2CCOCC2)c(N)c1. The first-order valence-corrected chi connectivity index (χ1v) is 6.56. The standard InChI is InChI=1S/C14H20N2O3/c1-2-19-14(17)11-3-4-12(13(15)9-11)10-16-5-7-18-8-6-16/h3-4,9H,2,5-8,10,15H2,1H3. The van der Waals surface area contributed by atoms with Crippen LogP contribution in [0, 0.1) is 0 Å². The molecule has 1 aromatic carbocycles. The molecule has 0 radical (unpaired) electrons. The van der Waals surface area contributed by atoms with E-state index in [0.717, 1.165) is 38.4 Å². The number of ether oxygens (including phenoxy) is 2. The van der Waals surface area contributed by atoms with Crippen molar-refractivity contribution in [2.75, 3.05) is 38.6 Å². The molecule has 1 saturated heterocycles. The Kier molecular flexibility index (Phi) is 4.76. The Morgan fingerprint density at radius 3 is 2.79 bits per heavy atom. The number of nitrogens with zero attached hydrogens (tertiary/aromatic N) is 1. The number of anilines is 1. The van der Waals surface area contributed by atoms with Crippen molar-refractivity contribution < 1.29 is 14.3 Å². The molecule has 0 spiro atoms. The molecule has 1 aliphatic rings. The summed E-state index contributed by atoms with van der Waals surface area (Å²) in [6.07, 6.45) is 0. The van der Waals surface area contributed by atoms with E-state index in [2.05, 4.69) is 4.90 Å². The number of hydrogen-bond acceptors (Lipinski definition) is 5. The number of rotatable bonds is 4. The van der Waals surface area contributed by atoms with Gasteiger partial charge in [0.25, 0.3) is 0 Å². The first-order valence-electron chi connectivity index (χ1n) is 6.56. The highest BCUT2D eigenvalue weighted by atomic mass is 16.5. The van der Waals surface area contributed by atoms with Crippen molar-refractivity contribution in [2.45, 2.75) is 13.5 Å². The van der Waals surface area contributed by atoms with Gasteiger partial charge < -0.3 is 15.2 Å². The third kappa shape index (κ3) is 3.68. The van der Waals surface area contributed by atoms with Crippen molar-refractivity contribution in [1.82, 2.24) is 4.90 Å². The lowest BCUT2D eigenvalue weighted by atomic mass is 10.1. The molecule has 2 N–H and O–H groups in total. The number of hydrogen-bond donors (Lipinski definition) is 1. The molecule has 5 heteroatoms. The summed E-state index contributed by atoms with van der Waals surface area (Å²) in [6, 6.07) is 5.36. The number of esters is 1. The van der Waals surface area contributed by atoms with E-state index in [0.29, 0.717) is 17.9 Å². The van der Waals surface area contributed by atoms with E-state index in [1.165, 1.54) is 0 Å². The predicted octanol–water partition coefficient (Wildman–Crippen LogP) is 1.28. The van der Waals surface area contributed by atoms with Gasteiger partial charge in [0.05, 0.1) is 25.4 Å². The van der Waals surface area contributed by atoms with Gasteiger partial charge in [-0.2, -0.15) is 0 Å². The molecule has 0 unspecified atom stereocenters. The van der Waals surface area contributed by atoms with Crippen LogP contribution in [0.3, 0.4) is 0 Å². The Balaban J connectivity index is 2.04. The van der Waals surface area contributed by atoms with Gasteiger partial charge in [-0.15, -0.1) is 0 Å². The largest absolute Gasteiger partial charge is 0.462 e. The van der Waals surface area contributed by atoms with E-state index in [1.54, 1.807) is 19.1 Å². The summed E-state index contributed by atoms with van der Waals surface area (Å²) in [5, 5.41) is 0. The van der Waals surface area contributed by atoms with Crippen LogP contribution >= 0.6 is 0 Å². The van der Waals surface area contributed by atoms with E-state index >= 15 is 0 Å². The average molecular weight is 264 g/mol. The second kappa shape index (κ2) is 6.54. The molecule has 1 heterocycles. The molecule has 0 amide bonds. The van der Waals surface area contributed by atoms with Crippen LogP contribution in [0.1, 0.15) is 22.8 Å². The van der Waals surface area contributed by atoms with Gasteiger partial charge in [-0.05, 0) is 24.6 Å². The molecule has 2 rings (SSSR count). The molecule has 1 fully saturated rings. The van der Waals surface area contributed by atoms with Crippen molar-refractivity contribution in [3.63, 3.8) is 0 Å². The number of morpholine rings is 1. The van der Waals surface area contributed by atoms with Crippen LogP contribution in [-0.4, -0.2) is 43.8 Å². The number of nitrogens with two attached hydrogens (primary N) is 1. The van der Waals surface area contributed by atoms with Crippen molar-refractivity contribution in [3.05, 3.63) is 29.3 Å². The molecule has 0 aliphatic carbocycles. The van der Waals surface area contributed by atoms with Crippen LogP contribution in [-0.2, 0) is 16.0 Å². The van der Waals surface area contributed by atoms with Crippen LogP contribution in [0.25, 0.3) is 0 Å². The summed E-state index contributed by atoms with van der Waals surface area (Å²) in [5.41, 5.74) is 8.18. The summed E-state index contributed by atoms with van der Waals surface area (Å²) >= 11 is 0. The van der Waals surface area contributed by atoms with Gasteiger partial charge in [0.15, 0.2) is 0 Å². The van der Waals surface area contributed by atoms with Gasteiger partial charge in [0, 0.05) is 25.3 Å². The van der Waals surface area contributed by atoms with Gasteiger partial charge >= 0.3 is 5.97 Å². The fourth-order valence-corrected chi connectivity index (χ4v) is 2.08. The molecule has 0 bridgehead atoms. The number of nitrogen functional groups attached to an aromatic ring is 1. The lowest BCUT2D eigenvalue weighted by molar-refractivity contribution is 0.0343. The molecule has 1 aromatic rings. The Hall–Kier alpha value is -1.59. The lowest BCUT2D eigenvalue weighted by Crippen LogP contribution is -2.35. The lowest BCUT2D eigenvalue weighted by Gasteiger charge is -2.27. The van der Waals surface area contributed by atoms with Gasteiger partial charge in [0.2, 0.25) is 0 Å². The highest BCUT2D eigenvalue weighted by molar-refractivity contribution is 5.90. The summed E-state index contributed by atoms with van der Waals surface area (Å²) in [7, 11) is 0. The smallest absolute Gasteiger partial charge is 0.338 e. The maximum Gasteiger partial charge on any atom is 0.338 e. The minimum absolute atomic E-state index is 0.327. The predicted molar refractivity (Wildman–Crippen MR) is 72.9 cm³/mol. The molecule has 0 saturated carbocycles. The van der Waals surface area contributed by atoms with Crippen molar-refractivity contribution in [3.8, 4) is 0 Å². The summed E-state index contributed by atoms with van der Waals surface area (Å²) in [6.45, 7) is 6.31. The average Bonchev–Trinajstić information content (AvgIpc) is 2.42. The van der Waals surface area contributed by atoms with Crippen molar-refractivity contribution in [2.24, 2.45) is 0 Å². The van der Waals surface area contributed by atoms with Crippen LogP contribution in [0.2, 0.25) is 0 Å². The first kappa shape index (κ1) is 13.8. The first-order chi connectivity index (χ1) is 9.20. The number of carbonyl (C=O) groups excluding carboxylic acids is 1. The third-order valence-corrected chi connectivity index (χ3v) is 3.15. The molecule has 0 aromatic heterocycles. The van der Waals surface area contributed by atoms with Crippen LogP contribution in [0.15, 0.2) is 18.2 Å². The zero-order valence-electron chi connectivity index (χ0n) is 11.2. The van der Waals surface area contributed by atoms with E-state index in [1.807, 2.05) is 6.07 Å². The Morgan fingerprint density at radius 2 is 2.16 bits per heavy atom. The Morgan fingerprint density at radius 1 is 1.42 bits per heavy atom. The molecule has 1 aliphatic heterocycles. The quantitative estimate of drug-likeness (QED) is 0.655. The molecule has 19 heavy (non-hydrogen) atoms. The van der Waals surface area contributed by atoms with E-state index in [-0.39, 0.29) is 5.97 Å². The highest BCUT2D eigenvalue weighted by Crippen LogP contribution is 2.17. The van der Waals surface area contributed by atoms with Crippen molar-refractivity contribution >= 4 is 11.7 Å². The van der Waals surface area contributed by atoms with Crippen molar-refractivity contribution in [1.29, 1.82) is 0 Å². The Bertz CT molecular complexity index is 442. The highest BCUT2D eigenvalue weighted by Gasteiger charge is 2.14. The van der Waals surface area contributed by atoms with Gasteiger partial charge in [-0.3, -0.25) is 4.90 Å². The fraction of sp³-hybridized carbons (Fsp3) is 0.500. The van der Waals surface area contributed by atoms with E-state index < -0.39 is 0 Å². The minimum Gasteiger partial charge on any atom is -0.462 e. The monoisotopic (exact) mass is 264 g/mol. The van der Waals surface area contributed by atoms with Crippen LogP contribution in [0.4, 0.5) is 5.69 Å². The van der Waals surface area contributed by atoms with E-state index in [4.69, 9.17) is 15.2 Å². The molecular formula is C14H20N2O3. The fourth-order valence-electron chi connectivity index (χ4n) is 2.08.